The molecule has 6 heteroatoms. The van der Waals surface area contributed by atoms with Gasteiger partial charge in [0.25, 0.3) is 5.91 Å². The molecule has 0 N–H and O–H groups in total. The number of morpholine rings is 1. The van der Waals surface area contributed by atoms with Crippen LogP contribution in [-0.4, -0.2) is 46.9 Å². The van der Waals surface area contributed by atoms with Gasteiger partial charge in [0, 0.05) is 18.5 Å². The first-order valence-electron chi connectivity index (χ1n) is 8.07. The van der Waals surface area contributed by atoms with Crippen LogP contribution >= 0.6 is 11.3 Å². The molecule has 0 aliphatic carbocycles. The van der Waals surface area contributed by atoms with E-state index in [-0.39, 0.29) is 5.91 Å². The molecule has 0 unspecified atom stereocenters. The third-order valence-corrected chi connectivity index (χ3v) is 5.43. The van der Waals surface area contributed by atoms with Crippen LogP contribution in [0.15, 0.2) is 30.3 Å². The molecule has 1 saturated heterocycles. The third kappa shape index (κ3) is 2.61. The Bertz CT molecular complexity index is 889. The van der Waals surface area contributed by atoms with Crippen molar-refractivity contribution >= 4 is 27.5 Å². The second-order valence-electron chi connectivity index (χ2n) is 6.07. The smallest absolute Gasteiger partial charge is 0.264 e. The van der Waals surface area contributed by atoms with Crippen LogP contribution in [0.4, 0.5) is 0 Å². The lowest BCUT2D eigenvalue weighted by Crippen LogP contribution is -2.40. The first kappa shape index (κ1) is 15.4. The van der Waals surface area contributed by atoms with E-state index in [0.29, 0.717) is 26.3 Å². The van der Waals surface area contributed by atoms with Crippen molar-refractivity contribution in [1.82, 2.24) is 14.7 Å². The van der Waals surface area contributed by atoms with Gasteiger partial charge >= 0.3 is 0 Å². The zero-order valence-corrected chi connectivity index (χ0v) is 14.6. The molecule has 4 rings (SSSR count). The lowest BCUT2D eigenvalue weighted by Gasteiger charge is -2.26. The summed E-state index contributed by atoms with van der Waals surface area (Å²) in [4.78, 5) is 16.4. The predicted molar refractivity (Wildman–Crippen MR) is 95.1 cm³/mol. The van der Waals surface area contributed by atoms with Crippen LogP contribution in [-0.2, 0) is 4.74 Å². The van der Waals surface area contributed by atoms with E-state index in [1.807, 2.05) is 22.6 Å². The molecular weight excluding hydrogens is 322 g/mol. The highest BCUT2D eigenvalue weighted by atomic mass is 32.1. The number of nitrogens with zero attached hydrogens (tertiary/aromatic N) is 3. The Morgan fingerprint density at radius 1 is 1.17 bits per heavy atom. The number of thiophene rings is 1. The maximum atomic E-state index is 12.7. The lowest BCUT2D eigenvalue weighted by molar-refractivity contribution is 0.0306. The first-order chi connectivity index (χ1) is 11.6. The zero-order valence-electron chi connectivity index (χ0n) is 13.8. The van der Waals surface area contributed by atoms with Gasteiger partial charge in [0.2, 0.25) is 0 Å². The normalized spacial score (nSPS) is 15.2. The summed E-state index contributed by atoms with van der Waals surface area (Å²) in [6.45, 7) is 6.62. The van der Waals surface area contributed by atoms with E-state index >= 15 is 0 Å². The number of ether oxygens (including phenoxy) is 1. The maximum absolute atomic E-state index is 12.7. The minimum Gasteiger partial charge on any atom is -0.378 e. The number of hydrogen-bond acceptors (Lipinski definition) is 4. The summed E-state index contributed by atoms with van der Waals surface area (Å²) in [6.07, 6.45) is 0. The number of aryl methyl sites for hydroxylation is 2. The van der Waals surface area contributed by atoms with E-state index in [2.05, 4.69) is 36.3 Å². The summed E-state index contributed by atoms with van der Waals surface area (Å²) in [5, 5.41) is 5.70. The van der Waals surface area contributed by atoms with Crippen molar-refractivity contribution in [3.8, 4) is 5.69 Å². The van der Waals surface area contributed by atoms with E-state index in [0.717, 1.165) is 26.5 Å². The van der Waals surface area contributed by atoms with Gasteiger partial charge in [-0.15, -0.1) is 11.3 Å². The fourth-order valence-electron chi connectivity index (χ4n) is 2.94. The molecule has 0 radical (unpaired) electrons. The summed E-state index contributed by atoms with van der Waals surface area (Å²) in [5.74, 6) is 0.0920. The summed E-state index contributed by atoms with van der Waals surface area (Å²) in [7, 11) is 0. The molecule has 1 aliphatic rings. The number of aromatic nitrogens is 2. The molecule has 1 aliphatic heterocycles. The zero-order chi connectivity index (χ0) is 16.7. The molecular formula is C18H19N3O2S. The SMILES string of the molecule is Cc1ccc(-n2nc(C)c3cc(C(=O)N4CCOCC4)sc32)cc1. The summed E-state index contributed by atoms with van der Waals surface area (Å²) in [6, 6.07) is 10.2. The Balaban J connectivity index is 1.74. The Hall–Kier alpha value is -2.18. The van der Waals surface area contributed by atoms with Crippen molar-refractivity contribution in [2.75, 3.05) is 26.3 Å². The number of hydrogen-bond donors (Lipinski definition) is 0. The fourth-order valence-corrected chi connectivity index (χ4v) is 4.09. The quantitative estimate of drug-likeness (QED) is 0.719. The highest BCUT2D eigenvalue weighted by Gasteiger charge is 2.22. The third-order valence-electron chi connectivity index (χ3n) is 4.33. The first-order valence-corrected chi connectivity index (χ1v) is 8.88. The standard InChI is InChI=1S/C18H19N3O2S/c1-12-3-5-14(6-4-12)21-18-15(13(2)19-21)11-16(24-18)17(22)20-7-9-23-10-8-20/h3-6,11H,7-10H2,1-2H3. The molecule has 2 aromatic heterocycles. The van der Waals surface area contributed by atoms with Gasteiger partial charge in [-0.2, -0.15) is 5.10 Å². The van der Waals surface area contributed by atoms with Gasteiger partial charge in [0.15, 0.2) is 0 Å². The van der Waals surface area contributed by atoms with E-state index < -0.39 is 0 Å². The molecule has 0 bridgehead atoms. The van der Waals surface area contributed by atoms with Gasteiger partial charge in [-0.25, -0.2) is 4.68 Å². The van der Waals surface area contributed by atoms with Gasteiger partial charge < -0.3 is 9.64 Å². The van der Waals surface area contributed by atoms with Crippen LogP contribution in [0.25, 0.3) is 15.9 Å². The lowest BCUT2D eigenvalue weighted by atomic mass is 10.2. The molecule has 24 heavy (non-hydrogen) atoms. The molecule has 1 fully saturated rings. The number of fused-ring (bicyclic) bond motifs is 1. The molecule has 0 spiro atoms. The maximum Gasteiger partial charge on any atom is 0.264 e. The van der Waals surface area contributed by atoms with Crippen LogP contribution < -0.4 is 0 Å². The monoisotopic (exact) mass is 341 g/mol. The van der Waals surface area contributed by atoms with Crippen molar-refractivity contribution in [2.45, 2.75) is 13.8 Å². The van der Waals surface area contributed by atoms with Gasteiger partial charge in [0.05, 0.1) is 29.5 Å². The topological polar surface area (TPSA) is 47.4 Å². The van der Waals surface area contributed by atoms with Crippen molar-refractivity contribution in [3.05, 3.63) is 46.5 Å². The van der Waals surface area contributed by atoms with E-state index in [4.69, 9.17) is 4.74 Å². The van der Waals surface area contributed by atoms with Crippen LogP contribution in [0.2, 0.25) is 0 Å². The molecule has 1 aromatic carbocycles. The van der Waals surface area contributed by atoms with Crippen LogP contribution in [0.1, 0.15) is 20.9 Å². The van der Waals surface area contributed by atoms with Crippen molar-refractivity contribution < 1.29 is 9.53 Å². The second kappa shape index (κ2) is 6.03. The number of carbonyl (C=O) groups is 1. The largest absolute Gasteiger partial charge is 0.378 e. The molecule has 5 nitrogen and oxygen atoms in total. The Kier molecular flexibility index (Phi) is 3.86. The minimum atomic E-state index is 0.0920. The molecule has 124 valence electrons. The Labute approximate surface area is 144 Å². The summed E-state index contributed by atoms with van der Waals surface area (Å²) >= 11 is 1.51. The number of carbonyl (C=O) groups excluding carboxylic acids is 1. The number of benzene rings is 1. The highest BCUT2D eigenvalue weighted by molar-refractivity contribution is 7.20. The van der Waals surface area contributed by atoms with E-state index in [1.165, 1.54) is 16.9 Å². The molecule has 0 saturated carbocycles. The molecule has 3 aromatic rings. The molecule has 1 amide bonds. The highest BCUT2D eigenvalue weighted by Crippen LogP contribution is 2.31. The number of amides is 1. The summed E-state index contributed by atoms with van der Waals surface area (Å²) < 4.78 is 7.27. The molecule has 3 heterocycles. The van der Waals surface area contributed by atoms with E-state index in [1.54, 1.807) is 0 Å². The average Bonchev–Trinajstić information content (AvgIpc) is 3.17. The fraction of sp³-hybridized carbons (Fsp3) is 0.333. The molecule has 0 atom stereocenters. The van der Waals surface area contributed by atoms with Gasteiger partial charge in [-0.3, -0.25) is 4.79 Å². The van der Waals surface area contributed by atoms with Crippen LogP contribution in [0.3, 0.4) is 0 Å². The van der Waals surface area contributed by atoms with Crippen molar-refractivity contribution in [2.24, 2.45) is 0 Å². The minimum absolute atomic E-state index is 0.0920. The van der Waals surface area contributed by atoms with Crippen molar-refractivity contribution in [3.63, 3.8) is 0 Å². The summed E-state index contributed by atoms with van der Waals surface area (Å²) in [5.41, 5.74) is 3.18. The second-order valence-corrected chi connectivity index (χ2v) is 7.10. The average molecular weight is 341 g/mol. The van der Waals surface area contributed by atoms with Crippen molar-refractivity contribution in [1.29, 1.82) is 0 Å². The number of rotatable bonds is 2. The van der Waals surface area contributed by atoms with Gasteiger partial charge in [-0.05, 0) is 32.0 Å². The van der Waals surface area contributed by atoms with Gasteiger partial charge in [0.1, 0.15) is 4.83 Å². The Morgan fingerprint density at radius 3 is 2.58 bits per heavy atom. The predicted octanol–water partition coefficient (Wildman–Crippen LogP) is 3.18. The van der Waals surface area contributed by atoms with Crippen LogP contribution in [0, 0.1) is 13.8 Å². The van der Waals surface area contributed by atoms with E-state index in [9.17, 15) is 4.79 Å². The van der Waals surface area contributed by atoms with Gasteiger partial charge in [-0.1, -0.05) is 17.7 Å². The Morgan fingerprint density at radius 2 is 1.88 bits per heavy atom. The van der Waals surface area contributed by atoms with Crippen LogP contribution in [0.5, 0.6) is 0 Å².